The number of benzene rings is 1. The Balaban J connectivity index is 1.57. The molecule has 0 unspecified atom stereocenters. The Bertz CT molecular complexity index is 1220. The Morgan fingerprint density at radius 2 is 1.76 bits per heavy atom. The Hall–Kier alpha value is -3.55. The lowest BCUT2D eigenvalue weighted by atomic mass is 10.0. The second-order valence-corrected chi connectivity index (χ2v) is 8.68. The Morgan fingerprint density at radius 1 is 0.971 bits per heavy atom. The molecule has 4 rings (SSSR count). The number of rotatable bonds is 12. The summed E-state index contributed by atoms with van der Waals surface area (Å²) in [6, 6.07) is 12.0. The van der Waals surface area contributed by atoms with Gasteiger partial charge in [0.15, 0.2) is 0 Å². The van der Waals surface area contributed by atoms with Crippen LogP contribution in [-0.4, -0.2) is 34.7 Å². The fraction of sp³-hybridized carbons (Fsp3) is 0.423. The van der Waals surface area contributed by atoms with E-state index in [-0.39, 0.29) is 5.69 Å². The summed E-state index contributed by atoms with van der Waals surface area (Å²) in [4.78, 5) is 17.7. The average molecular weight is 460 g/mol. The average Bonchev–Trinajstić information content (AvgIpc) is 3.50. The number of nitrogens with zero attached hydrogens (tertiary/aromatic N) is 6. The Kier molecular flexibility index (Phi) is 8.01. The van der Waals surface area contributed by atoms with E-state index < -0.39 is 0 Å². The molecule has 0 fully saturated rings. The van der Waals surface area contributed by atoms with E-state index in [1.165, 1.54) is 12.8 Å². The zero-order chi connectivity index (χ0) is 23.8. The molecule has 0 bridgehead atoms. The van der Waals surface area contributed by atoms with Crippen LogP contribution in [0.3, 0.4) is 0 Å². The van der Waals surface area contributed by atoms with E-state index >= 15 is 0 Å². The molecule has 3 aromatic heterocycles. The molecule has 178 valence electrons. The van der Waals surface area contributed by atoms with Gasteiger partial charge in [0.25, 0.3) is 0 Å². The summed E-state index contributed by atoms with van der Waals surface area (Å²) in [5, 5.41) is 14.4. The number of aryl methyl sites for hydroxylation is 2. The smallest absolute Gasteiger partial charge is 0.299 e. The predicted octanol–water partition coefficient (Wildman–Crippen LogP) is 4.86. The highest BCUT2D eigenvalue weighted by molar-refractivity contribution is 5.76. The van der Waals surface area contributed by atoms with Crippen LogP contribution >= 0.6 is 0 Å². The molecule has 0 spiro atoms. The van der Waals surface area contributed by atoms with Crippen molar-refractivity contribution in [1.29, 1.82) is 0 Å². The van der Waals surface area contributed by atoms with Gasteiger partial charge in [-0.3, -0.25) is 14.1 Å². The van der Waals surface area contributed by atoms with Crippen molar-refractivity contribution in [2.45, 2.75) is 71.9 Å². The van der Waals surface area contributed by atoms with Gasteiger partial charge in [-0.2, -0.15) is 5.21 Å². The maximum atomic E-state index is 13.2. The molecule has 0 aliphatic carbocycles. The van der Waals surface area contributed by atoms with Gasteiger partial charge in [0.1, 0.15) is 0 Å². The molecule has 8 heteroatoms. The molecular formula is C26H33N7O. The minimum atomic E-state index is 0.0933. The largest absolute Gasteiger partial charge is 0.328 e. The van der Waals surface area contributed by atoms with Crippen LogP contribution in [0.2, 0.25) is 0 Å². The van der Waals surface area contributed by atoms with Gasteiger partial charge in [-0.05, 0) is 42.2 Å². The molecule has 0 saturated carbocycles. The van der Waals surface area contributed by atoms with E-state index in [0.29, 0.717) is 12.4 Å². The summed E-state index contributed by atoms with van der Waals surface area (Å²) in [6.07, 6.45) is 11.6. The van der Waals surface area contributed by atoms with Crippen molar-refractivity contribution < 1.29 is 0 Å². The number of aromatic amines is 1. The zero-order valence-corrected chi connectivity index (χ0v) is 20.1. The number of H-pyrrole nitrogens is 1. The summed E-state index contributed by atoms with van der Waals surface area (Å²) in [7, 11) is 0. The van der Waals surface area contributed by atoms with Crippen molar-refractivity contribution in [3.8, 4) is 22.6 Å². The van der Waals surface area contributed by atoms with E-state index in [4.69, 9.17) is 0 Å². The molecule has 34 heavy (non-hydrogen) atoms. The van der Waals surface area contributed by atoms with Crippen molar-refractivity contribution >= 4 is 0 Å². The summed E-state index contributed by atoms with van der Waals surface area (Å²) in [5.41, 5.74) is 4.90. The summed E-state index contributed by atoms with van der Waals surface area (Å²) >= 11 is 0. The third kappa shape index (κ3) is 5.50. The topological polar surface area (TPSA) is 94.3 Å². The Morgan fingerprint density at radius 3 is 2.50 bits per heavy atom. The molecule has 0 aliphatic heterocycles. The molecule has 0 aliphatic rings. The second kappa shape index (κ2) is 11.5. The number of unbranched alkanes of at least 4 members (excludes halogenated alkanes) is 4. The summed E-state index contributed by atoms with van der Waals surface area (Å²) in [6.45, 7) is 5.75. The van der Waals surface area contributed by atoms with Crippen LogP contribution in [0.5, 0.6) is 0 Å². The zero-order valence-electron chi connectivity index (χ0n) is 20.1. The third-order valence-electron chi connectivity index (χ3n) is 6.13. The highest BCUT2D eigenvalue weighted by Crippen LogP contribution is 2.27. The number of hydrogen-bond donors (Lipinski definition) is 1. The maximum Gasteiger partial charge on any atom is 0.328 e. The van der Waals surface area contributed by atoms with E-state index in [9.17, 15) is 4.79 Å². The normalized spacial score (nSPS) is 11.2. The van der Waals surface area contributed by atoms with Crippen molar-refractivity contribution in [2.24, 2.45) is 0 Å². The molecule has 0 radical (unpaired) electrons. The maximum absolute atomic E-state index is 13.2. The van der Waals surface area contributed by atoms with E-state index in [1.807, 2.05) is 33.4 Å². The summed E-state index contributed by atoms with van der Waals surface area (Å²) < 4.78 is 3.85. The van der Waals surface area contributed by atoms with Crippen LogP contribution in [-0.2, 0) is 19.5 Å². The first-order valence-electron chi connectivity index (χ1n) is 12.3. The SMILES string of the molecule is CCCCCc1cn(CCCCC)c(=O)n1Cc1ccc(-c2ncccc2-c2nn[nH]n2)cc1. The monoisotopic (exact) mass is 459 g/mol. The lowest BCUT2D eigenvalue weighted by molar-refractivity contribution is 0.572. The molecule has 0 saturated heterocycles. The van der Waals surface area contributed by atoms with Crippen LogP contribution < -0.4 is 5.69 Å². The van der Waals surface area contributed by atoms with Crippen LogP contribution in [0.4, 0.5) is 0 Å². The van der Waals surface area contributed by atoms with Gasteiger partial charge in [0, 0.05) is 35.8 Å². The number of imidazole rings is 1. The first-order chi connectivity index (χ1) is 16.7. The van der Waals surface area contributed by atoms with Gasteiger partial charge >= 0.3 is 5.69 Å². The fourth-order valence-corrected chi connectivity index (χ4v) is 4.24. The van der Waals surface area contributed by atoms with Crippen LogP contribution in [0.15, 0.2) is 53.6 Å². The predicted molar refractivity (Wildman–Crippen MR) is 133 cm³/mol. The fourth-order valence-electron chi connectivity index (χ4n) is 4.24. The number of aromatic nitrogens is 7. The standard InChI is InChI=1S/C26H33N7O/c1-3-5-7-10-22-19-32(17-8-6-4-2)26(34)33(22)18-20-12-14-21(15-13-20)24-23(11-9-16-27-24)25-28-30-31-29-25/h9,11-16,19H,3-8,10,17-18H2,1-2H3,(H,28,29,30,31). The highest BCUT2D eigenvalue weighted by Gasteiger charge is 2.14. The first kappa shape index (κ1) is 23.6. The van der Waals surface area contributed by atoms with Crippen molar-refractivity contribution in [3.05, 3.63) is 70.5 Å². The van der Waals surface area contributed by atoms with Crippen molar-refractivity contribution in [3.63, 3.8) is 0 Å². The quantitative estimate of drug-likeness (QED) is 0.305. The van der Waals surface area contributed by atoms with Crippen LogP contribution in [0.1, 0.15) is 63.6 Å². The third-order valence-corrected chi connectivity index (χ3v) is 6.13. The van der Waals surface area contributed by atoms with Crippen molar-refractivity contribution in [1.82, 2.24) is 34.7 Å². The molecule has 4 aromatic rings. The minimum absolute atomic E-state index is 0.0933. The molecule has 3 heterocycles. The Labute approximate surface area is 200 Å². The minimum Gasteiger partial charge on any atom is -0.299 e. The van der Waals surface area contributed by atoms with E-state index in [1.54, 1.807) is 6.20 Å². The molecule has 0 amide bonds. The van der Waals surface area contributed by atoms with Gasteiger partial charge in [-0.15, -0.1) is 10.2 Å². The van der Waals surface area contributed by atoms with Gasteiger partial charge in [-0.25, -0.2) is 4.79 Å². The van der Waals surface area contributed by atoms with Gasteiger partial charge in [0.05, 0.1) is 12.2 Å². The number of hydrogen-bond acceptors (Lipinski definition) is 5. The number of tetrazole rings is 1. The second-order valence-electron chi connectivity index (χ2n) is 8.68. The molecule has 0 atom stereocenters. The van der Waals surface area contributed by atoms with E-state index in [0.717, 1.165) is 66.7 Å². The molecule has 1 aromatic carbocycles. The lowest BCUT2D eigenvalue weighted by Gasteiger charge is -2.09. The summed E-state index contributed by atoms with van der Waals surface area (Å²) in [5.74, 6) is 0.514. The van der Waals surface area contributed by atoms with Gasteiger partial charge < -0.3 is 0 Å². The van der Waals surface area contributed by atoms with E-state index in [2.05, 4.69) is 57.8 Å². The van der Waals surface area contributed by atoms with Gasteiger partial charge in [-0.1, -0.05) is 63.8 Å². The van der Waals surface area contributed by atoms with Crippen LogP contribution in [0.25, 0.3) is 22.6 Å². The number of nitrogens with one attached hydrogen (secondary N) is 1. The van der Waals surface area contributed by atoms with Gasteiger partial charge in [0.2, 0.25) is 5.82 Å². The van der Waals surface area contributed by atoms with Crippen molar-refractivity contribution in [2.75, 3.05) is 0 Å². The molecule has 8 nitrogen and oxygen atoms in total. The molecular weight excluding hydrogens is 426 g/mol. The van der Waals surface area contributed by atoms with Crippen LogP contribution in [0, 0.1) is 0 Å². The highest BCUT2D eigenvalue weighted by atomic mass is 16.1. The first-order valence-corrected chi connectivity index (χ1v) is 12.3. The number of pyridine rings is 1. The lowest BCUT2D eigenvalue weighted by Crippen LogP contribution is -2.25. The molecule has 1 N–H and O–H groups in total.